The SMILES string of the molecule is CN1C(c2ccc3ccccc3c2)CC(=O)CC1c1ccc2ccccc2c1. The molecule has 0 N–H and O–H groups in total. The van der Waals surface area contributed by atoms with Gasteiger partial charge in [0.15, 0.2) is 0 Å². The second-order valence-electron chi connectivity index (χ2n) is 7.86. The lowest BCUT2D eigenvalue weighted by Crippen LogP contribution is -2.37. The highest BCUT2D eigenvalue weighted by Crippen LogP contribution is 2.40. The van der Waals surface area contributed by atoms with Gasteiger partial charge in [-0.1, -0.05) is 72.8 Å². The Morgan fingerprint density at radius 2 is 1.07 bits per heavy atom. The fourth-order valence-electron chi connectivity index (χ4n) is 4.56. The Bertz CT molecular complexity index is 1090. The van der Waals surface area contributed by atoms with E-state index < -0.39 is 0 Å². The molecule has 4 aromatic rings. The first-order chi connectivity index (χ1) is 13.7. The zero-order valence-corrected chi connectivity index (χ0v) is 16.0. The lowest BCUT2D eigenvalue weighted by atomic mass is 9.86. The molecular formula is C26H23NO. The smallest absolute Gasteiger partial charge is 0.136 e. The van der Waals surface area contributed by atoms with Gasteiger partial charge in [0, 0.05) is 24.9 Å². The van der Waals surface area contributed by atoms with Crippen molar-refractivity contribution >= 4 is 27.3 Å². The Labute approximate surface area is 165 Å². The van der Waals surface area contributed by atoms with Gasteiger partial charge in [-0.2, -0.15) is 0 Å². The van der Waals surface area contributed by atoms with Crippen LogP contribution in [0.4, 0.5) is 0 Å². The van der Waals surface area contributed by atoms with Gasteiger partial charge in [-0.05, 0) is 51.9 Å². The molecule has 1 saturated heterocycles. The summed E-state index contributed by atoms with van der Waals surface area (Å²) in [7, 11) is 2.16. The summed E-state index contributed by atoms with van der Waals surface area (Å²) in [5, 5.41) is 4.94. The molecule has 2 unspecified atom stereocenters. The quantitative estimate of drug-likeness (QED) is 0.430. The average molecular weight is 365 g/mol. The van der Waals surface area contributed by atoms with Crippen molar-refractivity contribution in [3.63, 3.8) is 0 Å². The number of Topliss-reactive ketones (excluding diaryl/α,β-unsaturated/α-hetero) is 1. The van der Waals surface area contributed by atoms with Crippen LogP contribution in [0.5, 0.6) is 0 Å². The molecule has 0 amide bonds. The zero-order valence-electron chi connectivity index (χ0n) is 16.0. The number of nitrogens with zero attached hydrogens (tertiary/aromatic N) is 1. The molecule has 2 atom stereocenters. The fourth-order valence-corrected chi connectivity index (χ4v) is 4.56. The third-order valence-electron chi connectivity index (χ3n) is 6.14. The second kappa shape index (κ2) is 6.88. The molecule has 1 aliphatic rings. The summed E-state index contributed by atoms with van der Waals surface area (Å²) in [5.41, 5.74) is 2.44. The minimum Gasteiger partial charge on any atom is -0.300 e. The Morgan fingerprint density at radius 3 is 1.54 bits per heavy atom. The monoisotopic (exact) mass is 365 g/mol. The summed E-state index contributed by atoms with van der Waals surface area (Å²) in [4.78, 5) is 15.1. The topological polar surface area (TPSA) is 20.3 Å². The van der Waals surface area contributed by atoms with Gasteiger partial charge in [0.25, 0.3) is 0 Å². The number of fused-ring (bicyclic) bond motifs is 2. The highest BCUT2D eigenvalue weighted by Gasteiger charge is 2.34. The van der Waals surface area contributed by atoms with Crippen molar-refractivity contribution in [1.29, 1.82) is 0 Å². The molecule has 0 aromatic heterocycles. The fraction of sp³-hybridized carbons (Fsp3) is 0.192. The van der Waals surface area contributed by atoms with Crippen molar-refractivity contribution in [3.8, 4) is 0 Å². The van der Waals surface area contributed by atoms with Gasteiger partial charge in [-0.15, -0.1) is 0 Å². The van der Waals surface area contributed by atoms with Crippen molar-refractivity contribution in [3.05, 3.63) is 96.1 Å². The first-order valence-corrected chi connectivity index (χ1v) is 9.90. The second-order valence-corrected chi connectivity index (χ2v) is 7.86. The first-order valence-electron chi connectivity index (χ1n) is 9.90. The van der Waals surface area contributed by atoms with Gasteiger partial charge in [0.2, 0.25) is 0 Å². The van der Waals surface area contributed by atoms with Crippen LogP contribution in [0, 0.1) is 0 Å². The van der Waals surface area contributed by atoms with E-state index in [1.807, 2.05) is 0 Å². The average Bonchev–Trinajstić information content (AvgIpc) is 2.74. The molecule has 0 saturated carbocycles. The summed E-state index contributed by atoms with van der Waals surface area (Å²) >= 11 is 0. The van der Waals surface area contributed by atoms with Crippen LogP contribution in [0.15, 0.2) is 84.9 Å². The number of hydrogen-bond acceptors (Lipinski definition) is 2. The number of carbonyl (C=O) groups is 1. The maximum absolute atomic E-state index is 12.7. The van der Waals surface area contributed by atoms with Gasteiger partial charge in [-0.25, -0.2) is 0 Å². The highest BCUT2D eigenvalue weighted by molar-refractivity contribution is 5.85. The number of likely N-dealkylation sites (tertiary alicyclic amines) is 1. The van der Waals surface area contributed by atoms with Gasteiger partial charge in [0.1, 0.15) is 5.78 Å². The van der Waals surface area contributed by atoms with Crippen molar-refractivity contribution in [1.82, 2.24) is 4.90 Å². The number of hydrogen-bond donors (Lipinski definition) is 0. The van der Waals surface area contributed by atoms with Crippen LogP contribution in [0.25, 0.3) is 21.5 Å². The molecule has 0 bridgehead atoms. The van der Waals surface area contributed by atoms with Crippen LogP contribution in [0.1, 0.15) is 36.1 Å². The molecule has 5 rings (SSSR count). The Hall–Kier alpha value is -2.97. The van der Waals surface area contributed by atoms with Crippen molar-refractivity contribution in [2.45, 2.75) is 24.9 Å². The summed E-state index contributed by atoms with van der Waals surface area (Å²) in [6.07, 6.45) is 1.16. The summed E-state index contributed by atoms with van der Waals surface area (Å²) in [5.74, 6) is 0.342. The van der Waals surface area contributed by atoms with Gasteiger partial charge in [0.05, 0.1) is 0 Å². The van der Waals surface area contributed by atoms with Gasteiger partial charge < -0.3 is 0 Å². The van der Waals surface area contributed by atoms with E-state index in [1.165, 1.54) is 32.7 Å². The summed E-state index contributed by atoms with van der Waals surface area (Å²) in [6.45, 7) is 0. The standard InChI is InChI=1S/C26H23NO/c1-27-25(22-12-10-18-6-2-4-8-20(18)14-22)16-24(28)17-26(27)23-13-11-19-7-3-5-9-21(19)15-23/h2-15,25-26H,16-17H2,1H3. The number of ketones is 1. The summed E-state index contributed by atoms with van der Waals surface area (Å²) < 4.78 is 0. The van der Waals surface area contributed by atoms with Crippen LogP contribution in [-0.2, 0) is 4.79 Å². The molecule has 1 aliphatic heterocycles. The zero-order chi connectivity index (χ0) is 19.1. The van der Waals surface area contributed by atoms with Crippen LogP contribution in [-0.4, -0.2) is 17.7 Å². The minimum atomic E-state index is 0.113. The number of rotatable bonds is 2. The largest absolute Gasteiger partial charge is 0.300 e. The molecule has 0 aliphatic carbocycles. The number of piperidine rings is 1. The maximum Gasteiger partial charge on any atom is 0.136 e. The molecule has 1 fully saturated rings. The van der Waals surface area contributed by atoms with Crippen LogP contribution < -0.4 is 0 Å². The summed E-state index contributed by atoms with van der Waals surface area (Å²) in [6, 6.07) is 30.2. The maximum atomic E-state index is 12.7. The van der Waals surface area contributed by atoms with Crippen molar-refractivity contribution in [2.75, 3.05) is 7.05 Å². The highest BCUT2D eigenvalue weighted by atomic mass is 16.1. The molecule has 2 heteroatoms. The van der Waals surface area contributed by atoms with E-state index >= 15 is 0 Å². The van der Waals surface area contributed by atoms with E-state index in [1.54, 1.807) is 0 Å². The molecule has 138 valence electrons. The molecule has 4 aromatic carbocycles. The molecular weight excluding hydrogens is 342 g/mol. The van der Waals surface area contributed by atoms with E-state index in [0.29, 0.717) is 18.6 Å². The third kappa shape index (κ3) is 3.00. The van der Waals surface area contributed by atoms with Crippen molar-refractivity contribution in [2.24, 2.45) is 0 Å². The van der Waals surface area contributed by atoms with Crippen molar-refractivity contribution < 1.29 is 4.79 Å². The van der Waals surface area contributed by atoms with E-state index in [0.717, 1.165) is 0 Å². The lowest BCUT2D eigenvalue weighted by molar-refractivity contribution is -0.125. The van der Waals surface area contributed by atoms with E-state index in [-0.39, 0.29) is 12.1 Å². The van der Waals surface area contributed by atoms with Gasteiger partial charge in [-0.3, -0.25) is 9.69 Å². The molecule has 2 nitrogen and oxygen atoms in total. The van der Waals surface area contributed by atoms with E-state index in [9.17, 15) is 4.79 Å². The van der Waals surface area contributed by atoms with Crippen LogP contribution in [0.2, 0.25) is 0 Å². The predicted octanol–water partition coefficient (Wildman–Crippen LogP) is 6.07. The van der Waals surface area contributed by atoms with Crippen LogP contribution in [0.3, 0.4) is 0 Å². The van der Waals surface area contributed by atoms with E-state index in [4.69, 9.17) is 0 Å². The Kier molecular flexibility index (Phi) is 4.22. The normalized spacial score (nSPS) is 20.7. The minimum absolute atomic E-state index is 0.113. The molecule has 1 heterocycles. The lowest BCUT2D eigenvalue weighted by Gasteiger charge is -2.39. The van der Waals surface area contributed by atoms with Crippen LogP contribution >= 0.6 is 0 Å². The number of benzene rings is 4. The third-order valence-corrected chi connectivity index (χ3v) is 6.14. The van der Waals surface area contributed by atoms with E-state index in [2.05, 4.69) is 96.9 Å². The molecule has 0 radical (unpaired) electrons. The first kappa shape index (κ1) is 17.2. The Morgan fingerprint density at radius 1 is 0.643 bits per heavy atom. The molecule has 28 heavy (non-hydrogen) atoms. The Balaban J connectivity index is 1.53. The molecule has 0 spiro atoms. The number of carbonyl (C=O) groups excluding carboxylic acids is 1. The predicted molar refractivity (Wildman–Crippen MR) is 115 cm³/mol. The van der Waals surface area contributed by atoms with Gasteiger partial charge >= 0.3 is 0 Å².